The zero-order valence-electron chi connectivity index (χ0n) is 11.2. The van der Waals surface area contributed by atoms with Gasteiger partial charge in [0.1, 0.15) is 5.82 Å². The first-order chi connectivity index (χ1) is 10.2. The van der Waals surface area contributed by atoms with Crippen LogP contribution in [0.1, 0.15) is 16.0 Å². The van der Waals surface area contributed by atoms with Crippen molar-refractivity contribution in [1.29, 1.82) is 0 Å². The molecule has 0 aliphatic carbocycles. The molecule has 0 amide bonds. The van der Waals surface area contributed by atoms with Gasteiger partial charge in [-0.25, -0.2) is 4.39 Å². The van der Waals surface area contributed by atoms with E-state index in [2.05, 4.69) is 56.1 Å². The van der Waals surface area contributed by atoms with Crippen molar-refractivity contribution in [3.63, 3.8) is 0 Å². The quantitative estimate of drug-likeness (QED) is 0.439. The molecule has 21 heavy (non-hydrogen) atoms. The largest absolute Gasteiger partial charge is 0.207 e. The van der Waals surface area contributed by atoms with E-state index in [9.17, 15) is 4.39 Å². The van der Waals surface area contributed by atoms with Crippen LogP contribution in [0, 0.1) is 5.82 Å². The molecule has 0 fully saturated rings. The van der Waals surface area contributed by atoms with Crippen LogP contribution in [-0.4, -0.2) is 0 Å². The molecule has 3 rings (SSSR count). The van der Waals surface area contributed by atoms with Crippen molar-refractivity contribution in [2.45, 2.75) is 11.2 Å². The molecular weight excluding hydrogens is 395 g/mol. The number of benzene rings is 3. The van der Waals surface area contributed by atoms with E-state index in [0.29, 0.717) is 5.56 Å². The second-order valence-corrected chi connectivity index (χ2v) is 6.90. The highest BCUT2D eigenvalue weighted by Crippen LogP contribution is 2.35. The summed E-state index contributed by atoms with van der Waals surface area (Å²) in [6.07, 6.45) is 0.737. The fourth-order valence-electron chi connectivity index (χ4n) is 2.58. The molecule has 0 aliphatic rings. The highest BCUT2D eigenvalue weighted by Gasteiger charge is 2.17. The topological polar surface area (TPSA) is 0 Å². The molecule has 0 saturated heterocycles. The Morgan fingerprint density at radius 2 is 1.62 bits per heavy atom. The first-order valence-corrected chi connectivity index (χ1v) is 8.42. The van der Waals surface area contributed by atoms with Gasteiger partial charge in [0.15, 0.2) is 0 Å². The first kappa shape index (κ1) is 14.7. The Hall–Kier alpha value is -1.19. The highest BCUT2D eigenvalue weighted by atomic mass is 79.9. The number of rotatable bonds is 3. The second-order valence-electron chi connectivity index (χ2n) is 4.95. The maximum atomic E-state index is 14.1. The third-order valence-electron chi connectivity index (χ3n) is 3.59. The Bertz CT molecular complexity index is 758. The molecule has 3 heteroatoms. The Labute approximate surface area is 140 Å². The Morgan fingerprint density at radius 3 is 2.43 bits per heavy atom. The molecular formula is C18H13Br2F. The van der Waals surface area contributed by atoms with Gasteiger partial charge in [0, 0.05) is 14.9 Å². The number of alkyl halides is 1. The van der Waals surface area contributed by atoms with E-state index in [-0.39, 0.29) is 10.6 Å². The molecule has 0 aliphatic heterocycles. The minimum Gasteiger partial charge on any atom is -0.207 e. The molecule has 1 atom stereocenters. The van der Waals surface area contributed by atoms with Crippen LogP contribution in [0.2, 0.25) is 0 Å². The van der Waals surface area contributed by atoms with Gasteiger partial charge in [-0.15, -0.1) is 0 Å². The molecule has 3 aromatic rings. The van der Waals surface area contributed by atoms with Gasteiger partial charge in [-0.1, -0.05) is 80.4 Å². The van der Waals surface area contributed by atoms with E-state index >= 15 is 0 Å². The maximum Gasteiger partial charge on any atom is 0.128 e. The van der Waals surface area contributed by atoms with Gasteiger partial charge in [0.05, 0.1) is 0 Å². The monoisotopic (exact) mass is 406 g/mol. The van der Waals surface area contributed by atoms with Crippen LogP contribution in [0.15, 0.2) is 65.1 Å². The summed E-state index contributed by atoms with van der Waals surface area (Å²) in [5.41, 5.74) is 1.88. The van der Waals surface area contributed by atoms with Gasteiger partial charge in [0.25, 0.3) is 0 Å². The van der Waals surface area contributed by atoms with Crippen LogP contribution in [-0.2, 0) is 6.42 Å². The SMILES string of the molecule is Fc1cccc(Br)c1C(Br)Cc1cccc2ccccc12. The average molecular weight is 408 g/mol. The fraction of sp³-hybridized carbons (Fsp3) is 0.111. The normalized spacial score (nSPS) is 12.5. The van der Waals surface area contributed by atoms with Crippen molar-refractivity contribution in [1.82, 2.24) is 0 Å². The standard InChI is InChI=1S/C18H13Br2F/c19-15-9-4-10-17(21)18(15)16(20)11-13-7-3-6-12-5-1-2-8-14(12)13/h1-10,16H,11H2. The van der Waals surface area contributed by atoms with Crippen molar-refractivity contribution in [3.05, 3.63) is 82.1 Å². The number of hydrogen-bond acceptors (Lipinski definition) is 0. The first-order valence-electron chi connectivity index (χ1n) is 6.71. The molecule has 0 aromatic heterocycles. The van der Waals surface area contributed by atoms with Crippen LogP contribution < -0.4 is 0 Å². The lowest BCUT2D eigenvalue weighted by atomic mass is 9.98. The molecule has 0 saturated carbocycles. The number of hydrogen-bond donors (Lipinski definition) is 0. The van der Waals surface area contributed by atoms with Crippen molar-refractivity contribution in [3.8, 4) is 0 Å². The average Bonchev–Trinajstić information content (AvgIpc) is 2.47. The van der Waals surface area contributed by atoms with Gasteiger partial charge in [0.2, 0.25) is 0 Å². The Kier molecular flexibility index (Phi) is 4.41. The van der Waals surface area contributed by atoms with Crippen LogP contribution in [0.4, 0.5) is 4.39 Å². The summed E-state index contributed by atoms with van der Waals surface area (Å²) >= 11 is 7.08. The van der Waals surface area contributed by atoms with E-state index in [4.69, 9.17) is 0 Å². The van der Waals surface area contributed by atoms with Crippen molar-refractivity contribution >= 4 is 42.6 Å². The minimum absolute atomic E-state index is 0.0705. The Morgan fingerprint density at radius 1 is 0.905 bits per heavy atom. The third kappa shape index (κ3) is 3.04. The molecule has 0 nitrogen and oxygen atoms in total. The van der Waals surface area contributed by atoms with Gasteiger partial charge in [-0.3, -0.25) is 0 Å². The molecule has 1 unspecified atom stereocenters. The summed E-state index contributed by atoms with van der Waals surface area (Å²) in [5, 5.41) is 2.43. The van der Waals surface area contributed by atoms with Crippen LogP contribution in [0.3, 0.4) is 0 Å². The van der Waals surface area contributed by atoms with Crippen LogP contribution in [0.25, 0.3) is 10.8 Å². The van der Waals surface area contributed by atoms with Gasteiger partial charge in [-0.05, 0) is 34.9 Å². The zero-order chi connectivity index (χ0) is 14.8. The third-order valence-corrected chi connectivity index (χ3v) is 5.07. The summed E-state index contributed by atoms with van der Waals surface area (Å²) in [4.78, 5) is -0.0705. The lowest BCUT2D eigenvalue weighted by molar-refractivity contribution is 0.606. The Balaban J connectivity index is 1.99. The van der Waals surface area contributed by atoms with E-state index < -0.39 is 0 Å². The lowest BCUT2D eigenvalue weighted by Gasteiger charge is -2.15. The predicted molar refractivity (Wildman–Crippen MR) is 93.4 cm³/mol. The van der Waals surface area contributed by atoms with E-state index in [0.717, 1.165) is 10.9 Å². The van der Waals surface area contributed by atoms with Crippen molar-refractivity contribution in [2.24, 2.45) is 0 Å². The van der Waals surface area contributed by atoms with Crippen molar-refractivity contribution in [2.75, 3.05) is 0 Å². The van der Waals surface area contributed by atoms with E-state index in [1.54, 1.807) is 6.07 Å². The van der Waals surface area contributed by atoms with Gasteiger partial charge in [-0.2, -0.15) is 0 Å². The molecule has 0 spiro atoms. The van der Waals surface area contributed by atoms with E-state index in [1.165, 1.54) is 22.4 Å². The maximum absolute atomic E-state index is 14.1. The molecule has 3 aromatic carbocycles. The molecule has 106 valence electrons. The molecule has 0 heterocycles. The summed E-state index contributed by atoms with van der Waals surface area (Å²) in [6.45, 7) is 0. The second kappa shape index (κ2) is 6.29. The number of fused-ring (bicyclic) bond motifs is 1. The smallest absolute Gasteiger partial charge is 0.128 e. The minimum atomic E-state index is -0.188. The van der Waals surface area contributed by atoms with Crippen molar-refractivity contribution < 1.29 is 4.39 Å². The summed E-state index contributed by atoms with van der Waals surface area (Å²) in [5.74, 6) is -0.188. The van der Waals surface area contributed by atoms with Crippen LogP contribution >= 0.6 is 31.9 Å². The van der Waals surface area contributed by atoms with E-state index in [1.807, 2.05) is 24.3 Å². The summed E-state index contributed by atoms with van der Waals surface area (Å²) in [7, 11) is 0. The molecule has 0 N–H and O–H groups in total. The number of halogens is 3. The van der Waals surface area contributed by atoms with Gasteiger partial charge < -0.3 is 0 Å². The lowest BCUT2D eigenvalue weighted by Crippen LogP contribution is -2.00. The fourth-order valence-corrected chi connectivity index (χ4v) is 4.32. The summed E-state index contributed by atoms with van der Waals surface area (Å²) < 4.78 is 14.9. The molecule has 0 bridgehead atoms. The highest BCUT2D eigenvalue weighted by molar-refractivity contribution is 9.11. The zero-order valence-corrected chi connectivity index (χ0v) is 14.4. The molecule has 0 radical (unpaired) electrons. The predicted octanol–water partition coefficient (Wildman–Crippen LogP) is 6.42. The summed E-state index contributed by atoms with van der Waals surface area (Å²) in [6, 6.07) is 19.6. The van der Waals surface area contributed by atoms with Gasteiger partial charge >= 0.3 is 0 Å². The van der Waals surface area contributed by atoms with Crippen LogP contribution in [0.5, 0.6) is 0 Å².